The lowest BCUT2D eigenvalue weighted by Crippen LogP contribution is -2.28. The van der Waals surface area contributed by atoms with Crippen molar-refractivity contribution >= 4 is 43.0 Å². The molecule has 0 saturated carbocycles. The maximum Gasteiger partial charge on any atom is 0.263 e. The third-order valence-corrected chi connectivity index (χ3v) is 5.13. The molecule has 2 aromatic heterocycles. The highest BCUT2D eigenvalue weighted by atomic mass is 32.2. The fraction of sp³-hybridized carbons (Fsp3) is 0.417. The number of amides is 1. The predicted octanol–water partition coefficient (Wildman–Crippen LogP) is 0.665. The SMILES string of the molecule is Cc1nnc2sc(C(=O)NCCS(C)(=O)=O)c(N)c2c1C. The van der Waals surface area contributed by atoms with Crippen LogP contribution in [0.5, 0.6) is 0 Å². The highest BCUT2D eigenvalue weighted by molar-refractivity contribution is 7.90. The number of nitrogens with one attached hydrogen (secondary N) is 1. The maximum atomic E-state index is 12.1. The molecule has 0 unspecified atom stereocenters. The van der Waals surface area contributed by atoms with Crippen LogP contribution in [0, 0.1) is 13.8 Å². The summed E-state index contributed by atoms with van der Waals surface area (Å²) < 4.78 is 22.1. The number of hydrogen-bond acceptors (Lipinski definition) is 7. The molecular weight excluding hydrogens is 312 g/mol. The molecule has 0 aliphatic heterocycles. The minimum atomic E-state index is -3.11. The molecule has 21 heavy (non-hydrogen) atoms. The molecule has 0 bridgehead atoms. The van der Waals surface area contributed by atoms with Gasteiger partial charge in [0.25, 0.3) is 5.91 Å². The van der Waals surface area contributed by atoms with Crippen LogP contribution in [-0.4, -0.2) is 43.1 Å². The molecule has 0 atom stereocenters. The van der Waals surface area contributed by atoms with Gasteiger partial charge in [0, 0.05) is 18.2 Å². The van der Waals surface area contributed by atoms with E-state index < -0.39 is 15.7 Å². The molecule has 0 aromatic carbocycles. The molecule has 0 fully saturated rings. The minimum absolute atomic E-state index is 0.0506. The van der Waals surface area contributed by atoms with E-state index in [1.165, 1.54) is 0 Å². The van der Waals surface area contributed by atoms with E-state index in [2.05, 4.69) is 15.5 Å². The van der Waals surface area contributed by atoms with Gasteiger partial charge in [0.2, 0.25) is 0 Å². The number of nitrogens with two attached hydrogens (primary N) is 1. The van der Waals surface area contributed by atoms with Gasteiger partial charge < -0.3 is 11.1 Å². The minimum Gasteiger partial charge on any atom is -0.397 e. The lowest BCUT2D eigenvalue weighted by molar-refractivity contribution is 0.0961. The van der Waals surface area contributed by atoms with Gasteiger partial charge in [0.1, 0.15) is 19.5 Å². The quantitative estimate of drug-likeness (QED) is 0.852. The van der Waals surface area contributed by atoms with Crippen LogP contribution in [0.3, 0.4) is 0 Å². The van der Waals surface area contributed by atoms with Crippen molar-refractivity contribution in [2.75, 3.05) is 24.3 Å². The van der Waals surface area contributed by atoms with Crippen LogP contribution in [0.25, 0.3) is 10.2 Å². The van der Waals surface area contributed by atoms with Gasteiger partial charge in [-0.1, -0.05) is 0 Å². The summed E-state index contributed by atoms with van der Waals surface area (Å²) in [7, 11) is -3.11. The van der Waals surface area contributed by atoms with Crippen LogP contribution in [-0.2, 0) is 9.84 Å². The average Bonchev–Trinajstić information content (AvgIpc) is 2.70. The molecule has 0 saturated heterocycles. The molecule has 2 aromatic rings. The van der Waals surface area contributed by atoms with Gasteiger partial charge >= 0.3 is 0 Å². The molecule has 3 N–H and O–H groups in total. The van der Waals surface area contributed by atoms with Crippen LogP contribution >= 0.6 is 11.3 Å². The summed E-state index contributed by atoms with van der Waals surface area (Å²) in [5, 5.41) is 11.3. The molecule has 0 aliphatic carbocycles. The molecular formula is C12H16N4O3S2. The Morgan fingerprint density at radius 1 is 1.33 bits per heavy atom. The van der Waals surface area contributed by atoms with Crippen molar-refractivity contribution < 1.29 is 13.2 Å². The first-order valence-electron chi connectivity index (χ1n) is 6.18. The third-order valence-electron chi connectivity index (χ3n) is 3.10. The zero-order valence-electron chi connectivity index (χ0n) is 11.9. The van der Waals surface area contributed by atoms with E-state index in [-0.39, 0.29) is 12.3 Å². The van der Waals surface area contributed by atoms with E-state index in [4.69, 9.17) is 5.73 Å². The van der Waals surface area contributed by atoms with Crippen molar-refractivity contribution in [2.45, 2.75) is 13.8 Å². The zero-order valence-corrected chi connectivity index (χ0v) is 13.6. The van der Waals surface area contributed by atoms with Gasteiger partial charge in [0.05, 0.1) is 17.1 Å². The van der Waals surface area contributed by atoms with E-state index in [1.807, 2.05) is 13.8 Å². The first-order chi connectivity index (χ1) is 9.70. The summed E-state index contributed by atoms with van der Waals surface area (Å²) in [6, 6.07) is 0. The van der Waals surface area contributed by atoms with Gasteiger partial charge in [-0.25, -0.2) is 8.42 Å². The van der Waals surface area contributed by atoms with Crippen LogP contribution in [0.1, 0.15) is 20.9 Å². The van der Waals surface area contributed by atoms with E-state index in [0.29, 0.717) is 15.4 Å². The van der Waals surface area contributed by atoms with Crippen molar-refractivity contribution in [1.29, 1.82) is 0 Å². The van der Waals surface area contributed by atoms with Gasteiger partial charge in [-0.3, -0.25) is 4.79 Å². The molecule has 0 radical (unpaired) electrons. The fourth-order valence-corrected chi connectivity index (χ4v) is 3.33. The highest BCUT2D eigenvalue weighted by Gasteiger charge is 2.19. The van der Waals surface area contributed by atoms with E-state index >= 15 is 0 Å². The number of thiophene rings is 1. The van der Waals surface area contributed by atoms with Crippen LogP contribution in [0.15, 0.2) is 0 Å². The molecule has 0 spiro atoms. The number of aromatic nitrogens is 2. The average molecular weight is 328 g/mol. The van der Waals surface area contributed by atoms with Crippen LogP contribution in [0.4, 0.5) is 5.69 Å². The smallest absolute Gasteiger partial charge is 0.263 e. The molecule has 7 nitrogen and oxygen atoms in total. The van der Waals surface area contributed by atoms with Crippen molar-refractivity contribution in [1.82, 2.24) is 15.5 Å². The van der Waals surface area contributed by atoms with Gasteiger partial charge in [-0.15, -0.1) is 16.4 Å². The van der Waals surface area contributed by atoms with Crippen molar-refractivity contribution in [2.24, 2.45) is 0 Å². The largest absolute Gasteiger partial charge is 0.397 e. The lowest BCUT2D eigenvalue weighted by atomic mass is 10.1. The molecule has 9 heteroatoms. The Balaban J connectivity index is 2.28. The molecule has 2 heterocycles. The topological polar surface area (TPSA) is 115 Å². The van der Waals surface area contributed by atoms with E-state index in [1.54, 1.807) is 0 Å². The number of hydrogen-bond donors (Lipinski definition) is 2. The van der Waals surface area contributed by atoms with E-state index in [9.17, 15) is 13.2 Å². The second-order valence-corrected chi connectivity index (χ2v) is 8.08. The lowest BCUT2D eigenvalue weighted by Gasteiger charge is -2.03. The Bertz CT molecular complexity index is 812. The normalized spacial score (nSPS) is 11.8. The number of rotatable bonds is 4. The first-order valence-corrected chi connectivity index (χ1v) is 9.06. The number of anilines is 1. The summed E-state index contributed by atoms with van der Waals surface area (Å²) in [6.45, 7) is 3.75. The van der Waals surface area contributed by atoms with Crippen LogP contribution in [0.2, 0.25) is 0 Å². The maximum absolute atomic E-state index is 12.1. The number of aryl methyl sites for hydroxylation is 2. The second-order valence-electron chi connectivity index (χ2n) is 4.82. The number of carbonyl (C=O) groups is 1. The predicted molar refractivity (Wildman–Crippen MR) is 83.3 cm³/mol. The van der Waals surface area contributed by atoms with Crippen molar-refractivity contribution in [3.8, 4) is 0 Å². The number of fused-ring (bicyclic) bond motifs is 1. The molecule has 0 aliphatic rings. The summed E-state index contributed by atoms with van der Waals surface area (Å²) in [4.78, 5) is 13.0. The number of nitrogen functional groups attached to an aromatic ring is 1. The molecule has 1 amide bonds. The van der Waals surface area contributed by atoms with Crippen LogP contribution < -0.4 is 11.1 Å². The van der Waals surface area contributed by atoms with Crippen molar-refractivity contribution in [3.63, 3.8) is 0 Å². The van der Waals surface area contributed by atoms with Crippen molar-refractivity contribution in [3.05, 3.63) is 16.1 Å². The Labute approximate surface area is 126 Å². The number of carbonyl (C=O) groups excluding carboxylic acids is 1. The Hall–Kier alpha value is -1.74. The highest BCUT2D eigenvalue weighted by Crippen LogP contribution is 2.34. The summed E-state index contributed by atoms with van der Waals surface area (Å²) in [5.74, 6) is -0.502. The fourth-order valence-electron chi connectivity index (χ4n) is 1.84. The standard InChI is InChI=1S/C12H16N4O3S2/c1-6-7(2)15-16-12-8(6)9(13)10(20-12)11(17)14-4-5-21(3,18)19/h4-5,13H2,1-3H3,(H,14,17). The number of sulfone groups is 1. The Morgan fingerprint density at radius 2 is 2.00 bits per heavy atom. The monoisotopic (exact) mass is 328 g/mol. The van der Waals surface area contributed by atoms with Gasteiger partial charge in [0.15, 0.2) is 0 Å². The summed E-state index contributed by atoms with van der Waals surface area (Å²) >= 11 is 1.15. The second kappa shape index (κ2) is 5.57. The summed E-state index contributed by atoms with van der Waals surface area (Å²) in [5.41, 5.74) is 8.05. The Kier molecular flexibility index (Phi) is 4.15. The Morgan fingerprint density at radius 3 is 2.62 bits per heavy atom. The van der Waals surface area contributed by atoms with Gasteiger partial charge in [-0.05, 0) is 19.4 Å². The van der Waals surface area contributed by atoms with E-state index in [0.717, 1.165) is 34.2 Å². The third kappa shape index (κ3) is 3.30. The molecule has 2 rings (SSSR count). The van der Waals surface area contributed by atoms with Gasteiger partial charge in [-0.2, -0.15) is 5.10 Å². The molecule has 114 valence electrons. The first kappa shape index (κ1) is 15.6. The summed E-state index contributed by atoms with van der Waals surface area (Å²) in [6.07, 6.45) is 1.12. The zero-order chi connectivity index (χ0) is 15.8. The number of nitrogens with zero attached hydrogens (tertiary/aromatic N) is 2.